The molecule has 0 radical (unpaired) electrons. The number of nitrogens with one attached hydrogen (secondary N) is 2. The SMILES string of the molecule is O=C(NCc1ccc([S+]([O-])N2CCC(NCc3ccc(OC(F)(F)F)cc3)CC2)s1)c1ccc(Cl)cc1. The van der Waals surface area contributed by atoms with E-state index in [0.29, 0.717) is 36.8 Å². The summed E-state index contributed by atoms with van der Waals surface area (Å²) in [5.74, 6) is -0.444. The Bertz CT molecular complexity index is 1170. The van der Waals surface area contributed by atoms with Gasteiger partial charge in [0.1, 0.15) is 5.75 Å². The van der Waals surface area contributed by atoms with E-state index in [1.807, 2.05) is 16.4 Å². The maximum absolute atomic E-state index is 13.1. The van der Waals surface area contributed by atoms with E-state index in [9.17, 15) is 22.5 Å². The van der Waals surface area contributed by atoms with Crippen molar-refractivity contribution < 1.29 is 27.3 Å². The van der Waals surface area contributed by atoms with Crippen LogP contribution in [0.4, 0.5) is 13.2 Å². The van der Waals surface area contributed by atoms with Crippen molar-refractivity contribution >= 4 is 40.2 Å². The van der Waals surface area contributed by atoms with E-state index < -0.39 is 17.7 Å². The highest BCUT2D eigenvalue weighted by Crippen LogP contribution is 2.28. The highest BCUT2D eigenvalue weighted by molar-refractivity contribution is 7.91. The zero-order chi connectivity index (χ0) is 26.4. The fraction of sp³-hybridized carbons (Fsp3) is 0.320. The molecule has 6 nitrogen and oxygen atoms in total. The van der Waals surface area contributed by atoms with E-state index >= 15 is 0 Å². The summed E-state index contributed by atoms with van der Waals surface area (Å²) in [6, 6.07) is 16.4. The molecule has 37 heavy (non-hydrogen) atoms. The van der Waals surface area contributed by atoms with Crippen molar-refractivity contribution in [1.29, 1.82) is 0 Å². The summed E-state index contributed by atoms with van der Waals surface area (Å²) >= 11 is 5.99. The lowest BCUT2D eigenvalue weighted by atomic mass is 10.1. The van der Waals surface area contributed by atoms with Gasteiger partial charge in [0.05, 0.1) is 17.9 Å². The second-order valence-electron chi connectivity index (χ2n) is 8.44. The number of carbonyl (C=O) groups is 1. The van der Waals surface area contributed by atoms with Crippen LogP contribution in [0, 0.1) is 0 Å². The van der Waals surface area contributed by atoms with Gasteiger partial charge in [0.2, 0.25) is 4.21 Å². The fourth-order valence-corrected chi connectivity index (χ4v) is 6.55. The van der Waals surface area contributed by atoms with Crippen LogP contribution in [0.25, 0.3) is 0 Å². The van der Waals surface area contributed by atoms with Crippen LogP contribution in [0.5, 0.6) is 5.75 Å². The Balaban J connectivity index is 1.19. The number of amides is 1. The fourth-order valence-electron chi connectivity index (χ4n) is 3.84. The third kappa shape index (κ3) is 8.36. The highest BCUT2D eigenvalue weighted by atomic mass is 35.5. The summed E-state index contributed by atoms with van der Waals surface area (Å²) in [4.78, 5) is 13.2. The molecule has 1 atom stereocenters. The van der Waals surface area contributed by atoms with E-state index in [2.05, 4.69) is 15.4 Å². The van der Waals surface area contributed by atoms with Gasteiger partial charge in [-0.1, -0.05) is 35.1 Å². The number of piperidine rings is 1. The van der Waals surface area contributed by atoms with E-state index in [-0.39, 0.29) is 17.7 Å². The first-order valence-corrected chi connectivity index (χ1v) is 13.8. The van der Waals surface area contributed by atoms with Crippen LogP contribution in [0.1, 0.15) is 33.6 Å². The molecule has 1 amide bonds. The van der Waals surface area contributed by atoms with E-state index in [4.69, 9.17) is 11.6 Å². The minimum absolute atomic E-state index is 0.201. The van der Waals surface area contributed by atoms with Crippen molar-refractivity contribution in [2.24, 2.45) is 0 Å². The molecule has 4 rings (SSSR count). The number of hydrogen-bond acceptors (Lipinski definition) is 6. The number of hydrogen-bond donors (Lipinski definition) is 2. The van der Waals surface area contributed by atoms with Crippen LogP contribution >= 0.6 is 22.9 Å². The van der Waals surface area contributed by atoms with Gasteiger partial charge in [0.15, 0.2) is 0 Å². The molecular formula is C25H25ClF3N3O3S2. The number of halogens is 4. The number of alkyl halides is 3. The average Bonchev–Trinajstić information content (AvgIpc) is 3.35. The van der Waals surface area contributed by atoms with Crippen LogP contribution in [-0.4, -0.2) is 40.3 Å². The quantitative estimate of drug-likeness (QED) is 0.331. The summed E-state index contributed by atoms with van der Waals surface area (Å²) in [5, 5.41) is 6.85. The second kappa shape index (κ2) is 12.5. The summed E-state index contributed by atoms with van der Waals surface area (Å²) in [6.45, 7) is 2.18. The zero-order valence-electron chi connectivity index (χ0n) is 19.6. The van der Waals surface area contributed by atoms with Gasteiger partial charge in [-0.05, 0) is 60.9 Å². The van der Waals surface area contributed by atoms with Crippen molar-refractivity contribution in [2.75, 3.05) is 13.1 Å². The molecule has 12 heteroatoms. The Hall–Kier alpha value is -2.28. The third-order valence-corrected chi connectivity index (χ3v) is 8.90. The number of thiophene rings is 1. The molecule has 198 valence electrons. The summed E-state index contributed by atoms with van der Waals surface area (Å²) in [6.07, 6.45) is -3.10. The molecule has 1 saturated heterocycles. The van der Waals surface area contributed by atoms with Gasteiger partial charge in [0, 0.05) is 47.2 Å². The molecule has 1 aliphatic heterocycles. The van der Waals surface area contributed by atoms with Crippen LogP contribution in [-0.2, 0) is 24.5 Å². The van der Waals surface area contributed by atoms with Gasteiger partial charge in [-0.25, -0.2) is 0 Å². The summed E-state index contributed by atoms with van der Waals surface area (Å²) in [5.41, 5.74) is 1.38. The first-order chi connectivity index (χ1) is 17.7. The van der Waals surface area contributed by atoms with Crippen LogP contribution in [0.3, 0.4) is 0 Å². The van der Waals surface area contributed by atoms with Crippen molar-refractivity contribution in [3.05, 3.63) is 81.7 Å². The smallest absolute Gasteiger partial charge is 0.573 e. The van der Waals surface area contributed by atoms with Crippen molar-refractivity contribution in [3.63, 3.8) is 0 Å². The molecule has 0 bridgehead atoms. The number of rotatable bonds is 9. The minimum atomic E-state index is -4.70. The Morgan fingerprint density at radius 2 is 1.73 bits per heavy atom. The Morgan fingerprint density at radius 1 is 1.05 bits per heavy atom. The Morgan fingerprint density at radius 3 is 2.38 bits per heavy atom. The molecule has 2 N–H and O–H groups in total. The van der Waals surface area contributed by atoms with Gasteiger partial charge >= 0.3 is 6.36 Å². The predicted molar refractivity (Wildman–Crippen MR) is 138 cm³/mol. The molecule has 0 spiro atoms. The third-order valence-electron chi connectivity index (χ3n) is 5.78. The molecule has 2 aromatic carbocycles. The lowest BCUT2D eigenvalue weighted by Gasteiger charge is -2.31. The number of carbonyl (C=O) groups excluding carboxylic acids is 1. The highest BCUT2D eigenvalue weighted by Gasteiger charge is 2.31. The molecule has 0 aliphatic carbocycles. The normalized spacial score (nSPS) is 15.9. The summed E-state index contributed by atoms with van der Waals surface area (Å²) < 4.78 is 56.5. The molecule has 0 saturated carbocycles. The lowest BCUT2D eigenvalue weighted by molar-refractivity contribution is -0.274. The maximum Gasteiger partial charge on any atom is 0.573 e. The molecule has 2 heterocycles. The van der Waals surface area contributed by atoms with Crippen molar-refractivity contribution in [3.8, 4) is 5.75 Å². The molecule has 3 aromatic rings. The Labute approximate surface area is 225 Å². The van der Waals surface area contributed by atoms with Crippen molar-refractivity contribution in [2.45, 2.75) is 42.5 Å². The minimum Gasteiger partial charge on any atom is -0.592 e. The van der Waals surface area contributed by atoms with Gasteiger partial charge in [-0.15, -0.1) is 17.5 Å². The van der Waals surface area contributed by atoms with E-state index in [1.54, 1.807) is 36.4 Å². The maximum atomic E-state index is 13.1. The largest absolute Gasteiger partial charge is 0.592 e. The van der Waals surface area contributed by atoms with Gasteiger partial charge in [-0.3, -0.25) is 4.79 Å². The molecule has 1 unspecified atom stereocenters. The van der Waals surface area contributed by atoms with Crippen LogP contribution in [0.2, 0.25) is 5.02 Å². The van der Waals surface area contributed by atoms with Crippen LogP contribution in [0.15, 0.2) is 64.9 Å². The number of benzene rings is 2. The van der Waals surface area contributed by atoms with Gasteiger partial charge in [0.25, 0.3) is 5.91 Å². The topological polar surface area (TPSA) is 76.7 Å². The van der Waals surface area contributed by atoms with Gasteiger partial charge in [-0.2, -0.15) is 0 Å². The molecule has 1 aliphatic rings. The summed E-state index contributed by atoms with van der Waals surface area (Å²) in [7, 11) is 0. The predicted octanol–water partition coefficient (Wildman–Crippen LogP) is 5.51. The molecular weight excluding hydrogens is 547 g/mol. The van der Waals surface area contributed by atoms with Gasteiger partial charge < -0.3 is 19.9 Å². The first kappa shape index (κ1) is 27.7. The average molecular weight is 572 g/mol. The zero-order valence-corrected chi connectivity index (χ0v) is 22.0. The van der Waals surface area contributed by atoms with E-state index in [0.717, 1.165) is 27.5 Å². The van der Waals surface area contributed by atoms with Crippen molar-refractivity contribution in [1.82, 2.24) is 14.9 Å². The Kier molecular flexibility index (Phi) is 9.38. The molecule has 1 fully saturated rings. The molecule has 1 aromatic heterocycles. The number of ether oxygens (including phenoxy) is 1. The first-order valence-electron chi connectivity index (χ1n) is 11.5. The standard InChI is InChI=1S/C25H25ClF3N3O3S2/c26-19-5-3-18(4-6-19)24(33)31-16-22-9-10-23(36-22)37(34)32-13-11-20(12-14-32)30-15-17-1-7-21(8-2-17)35-25(27,28)29/h1-10,20,30H,11-16H2,(H,31,33). The van der Waals surface area contributed by atoms with E-state index in [1.165, 1.54) is 23.5 Å². The van der Waals surface area contributed by atoms with Crippen LogP contribution < -0.4 is 15.4 Å². The number of nitrogens with zero attached hydrogens (tertiary/aromatic N) is 1. The monoisotopic (exact) mass is 571 g/mol. The second-order valence-corrected chi connectivity index (χ2v) is 11.8. The lowest BCUT2D eigenvalue weighted by Crippen LogP contribution is -2.44.